The van der Waals surface area contributed by atoms with Crippen LogP contribution in [0.4, 0.5) is 0 Å². The van der Waals surface area contributed by atoms with Gasteiger partial charge in [0.15, 0.2) is 0 Å². The Morgan fingerprint density at radius 1 is 1.64 bits per heavy atom. The highest BCUT2D eigenvalue weighted by molar-refractivity contribution is 5.85. The molecule has 1 aliphatic rings. The third-order valence-electron chi connectivity index (χ3n) is 2.30. The second kappa shape index (κ2) is 6.22. The van der Waals surface area contributed by atoms with Crippen LogP contribution in [0.5, 0.6) is 0 Å². The standard InChI is InChI=1S/C9H17NO3.ClH/c1-7(2)10-3-4-13-8(6-10)5-9(11)12;/h7-8H,3-6H2,1-2H3,(H,11,12);1H. The highest BCUT2D eigenvalue weighted by Gasteiger charge is 2.23. The van der Waals surface area contributed by atoms with E-state index >= 15 is 0 Å². The number of ether oxygens (including phenoxy) is 1. The molecule has 4 nitrogen and oxygen atoms in total. The molecule has 0 spiro atoms. The molecule has 84 valence electrons. The van der Waals surface area contributed by atoms with Crippen molar-refractivity contribution in [3.8, 4) is 0 Å². The summed E-state index contributed by atoms with van der Waals surface area (Å²) in [6, 6.07) is 0.472. The molecule has 1 rings (SSSR count). The Labute approximate surface area is 90.6 Å². The van der Waals surface area contributed by atoms with E-state index in [1.54, 1.807) is 0 Å². The van der Waals surface area contributed by atoms with Crippen LogP contribution in [0.1, 0.15) is 20.3 Å². The summed E-state index contributed by atoms with van der Waals surface area (Å²) in [6.45, 7) is 6.53. The molecule has 0 bridgehead atoms. The zero-order valence-electron chi connectivity index (χ0n) is 8.60. The van der Waals surface area contributed by atoms with Gasteiger partial charge in [0.05, 0.1) is 19.1 Å². The predicted octanol–water partition coefficient (Wildman–Crippen LogP) is 0.992. The van der Waals surface area contributed by atoms with Crippen LogP contribution in [0.25, 0.3) is 0 Å². The molecule has 0 amide bonds. The van der Waals surface area contributed by atoms with E-state index in [4.69, 9.17) is 9.84 Å². The number of hydrogen-bond donors (Lipinski definition) is 1. The Kier molecular flexibility index (Phi) is 6.08. The maximum absolute atomic E-state index is 10.4. The van der Waals surface area contributed by atoms with Crippen LogP contribution >= 0.6 is 12.4 Å². The fraction of sp³-hybridized carbons (Fsp3) is 0.889. The van der Waals surface area contributed by atoms with Crippen LogP contribution in [-0.2, 0) is 9.53 Å². The van der Waals surface area contributed by atoms with Gasteiger partial charge < -0.3 is 9.84 Å². The van der Waals surface area contributed by atoms with Crippen LogP contribution < -0.4 is 0 Å². The van der Waals surface area contributed by atoms with E-state index in [2.05, 4.69) is 18.7 Å². The summed E-state index contributed by atoms with van der Waals surface area (Å²) >= 11 is 0. The monoisotopic (exact) mass is 223 g/mol. The number of rotatable bonds is 3. The zero-order chi connectivity index (χ0) is 9.84. The normalized spacial score (nSPS) is 23.2. The lowest BCUT2D eigenvalue weighted by atomic mass is 10.2. The minimum atomic E-state index is -0.782. The molecule has 1 atom stereocenters. The van der Waals surface area contributed by atoms with Crippen LogP contribution in [0, 0.1) is 0 Å². The Hall–Kier alpha value is -0.320. The number of morpholine rings is 1. The topological polar surface area (TPSA) is 49.8 Å². The van der Waals surface area contributed by atoms with Gasteiger partial charge in [0.1, 0.15) is 0 Å². The molecule has 1 N–H and O–H groups in total. The molecule has 0 saturated carbocycles. The molecule has 1 fully saturated rings. The molecule has 0 aliphatic carbocycles. The summed E-state index contributed by atoms with van der Waals surface area (Å²) in [4.78, 5) is 12.7. The first-order valence-electron chi connectivity index (χ1n) is 4.67. The van der Waals surface area contributed by atoms with Gasteiger partial charge in [-0.2, -0.15) is 0 Å². The molecule has 1 unspecified atom stereocenters. The molecular weight excluding hydrogens is 206 g/mol. The van der Waals surface area contributed by atoms with Gasteiger partial charge in [-0.15, -0.1) is 12.4 Å². The van der Waals surface area contributed by atoms with Crippen LogP contribution in [0.15, 0.2) is 0 Å². The van der Waals surface area contributed by atoms with Crippen molar-refractivity contribution < 1.29 is 14.6 Å². The van der Waals surface area contributed by atoms with E-state index in [0.29, 0.717) is 12.6 Å². The van der Waals surface area contributed by atoms with Crippen molar-refractivity contribution in [3.63, 3.8) is 0 Å². The van der Waals surface area contributed by atoms with Gasteiger partial charge in [0.25, 0.3) is 0 Å². The van der Waals surface area contributed by atoms with E-state index in [9.17, 15) is 4.79 Å². The van der Waals surface area contributed by atoms with Gasteiger partial charge in [-0.25, -0.2) is 0 Å². The SMILES string of the molecule is CC(C)N1CCOC(CC(=O)O)C1.Cl. The summed E-state index contributed by atoms with van der Waals surface area (Å²) in [5, 5.41) is 8.59. The second-order valence-electron chi connectivity index (χ2n) is 3.68. The Morgan fingerprint density at radius 3 is 2.79 bits per heavy atom. The van der Waals surface area contributed by atoms with E-state index in [1.807, 2.05) is 0 Å². The summed E-state index contributed by atoms with van der Waals surface area (Å²) in [7, 11) is 0. The van der Waals surface area contributed by atoms with Crippen molar-refractivity contribution in [2.75, 3.05) is 19.7 Å². The Balaban J connectivity index is 0.00000169. The predicted molar refractivity (Wildman–Crippen MR) is 55.9 cm³/mol. The van der Waals surface area contributed by atoms with Crippen molar-refractivity contribution in [2.24, 2.45) is 0 Å². The number of aliphatic carboxylic acids is 1. The van der Waals surface area contributed by atoms with Gasteiger partial charge >= 0.3 is 5.97 Å². The lowest BCUT2D eigenvalue weighted by molar-refractivity contribution is -0.142. The third-order valence-corrected chi connectivity index (χ3v) is 2.30. The molecule has 1 saturated heterocycles. The average molecular weight is 224 g/mol. The Bertz CT molecular complexity index is 187. The molecule has 0 aromatic heterocycles. The molecule has 1 heterocycles. The van der Waals surface area contributed by atoms with E-state index < -0.39 is 5.97 Å². The summed E-state index contributed by atoms with van der Waals surface area (Å²) in [6.07, 6.45) is -0.0166. The largest absolute Gasteiger partial charge is 0.481 e. The van der Waals surface area contributed by atoms with Crippen molar-refractivity contribution in [1.29, 1.82) is 0 Å². The molecule has 14 heavy (non-hydrogen) atoms. The molecule has 5 heteroatoms. The number of hydrogen-bond acceptors (Lipinski definition) is 3. The highest BCUT2D eigenvalue weighted by atomic mass is 35.5. The highest BCUT2D eigenvalue weighted by Crippen LogP contribution is 2.11. The number of nitrogens with zero attached hydrogens (tertiary/aromatic N) is 1. The summed E-state index contributed by atoms with van der Waals surface area (Å²) in [5.74, 6) is -0.782. The van der Waals surface area contributed by atoms with Crippen LogP contribution in [0.2, 0.25) is 0 Å². The van der Waals surface area contributed by atoms with Crippen LogP contribution in [-0.4, -0.2) is 47.8 Å². The quantitative estimate of drug-likeness (QED) is 0.776. The smallest absolute Gasteiger partial charge is 0.306 e. The van der Waals surface area contributed by atoms with Gasteiger partial charge in [-0.05, 0) is 13.8 Å². The van der Waals surface area contributed by atoms with Gasteiger partial charge in [0, 0.05) is 19.1 Å². The van der Waals surface area contributed by atoms with Crippen molar-refractivity contribution in [2.45, 2.75) is 32.4 Å². The average Bonchev–Trinajstić information content (AvgIpc) is 2.03. The van der Waals surface area contributed by atoms with Crippen molar-refractivity contribution >= 4 is 18.4 Å². The van der Waals surface area contributed by atoms with Gasteiger partial charge in [-0.3, -0.25) is 9.69 Å². The molecule has 0 radical (unpaired) electrons. The second-order valence-corrected chi connectivity index (χ2v) is 3.68. The molecular formula is C9H18ClNO3. The van der Waals surface area contributed by atoms with Gasteiger partial charge in [-0.1, -0.05) is 0 Å². The van der Waals surface area contributed by atoms with Gasteiger partial charge in [0.2, 0.25) is 0 Å². The molecule has 0 aromatic carbocycles. The first kappa shape index (κ1) is 13.7. The molecule has 0 aromatic rings. The minimum Gasteiger partial charge on any atom is -0.481 e. The zero-order valence-corrected chi connectivity index (χ0v) is 9.42. The van der Waals surface area contributed by atoms with Crippen LogP contribution in [0.3, 0.4) is 0 Å². The lowest BCUT2D eigenvalue weighted by Gasteiger charge is -2.34. The van der Waals surface area contributed by atoms with Crippen molar-refractivity contribution in [3.05, 3.63) is 0 Å². The van der Waals surface area contributed by atoms with E-state index in [1.165, 1.54) is 0 Å². The molecule has 1 aliphatic heterocycles. The minimum absolute atomic E-state index is 0. The number of halogens is 1. The number of carbonyl (C=O) groups is 1. The Morgan fingerprint density at radius 2 is 2.29 bits per heavy atom. The van der Waals surface area contributed by atoms with E-state index in [-0.39, 0.29) is 24.9 Å². The third kappa shape index (κ3) is 4.26. The summed E-state index contributed by atoms with van der Waals surface area (Å²) < 4.78 is 5.35. The maximum Gasteiger partial charge on any atom is 0.306 e. The first-order chi connectivity index (χ1) is 6.09. The number of carboxylic acid groups (broad SMARTS) is 1. The lowest BCUT2D eigenvalue weighted by Crippen LogP contribution is -2.46. The summed E-state index contributed by atoms with van der Waals surface area (Å²) in [5.41, 5.74) is 0. The first-order valence-corrected chi connectivity index (χ1v) is 4.67. The maximum atomic E-state index is 10.4. The fourth-order valence-corrected chi connectivity index (χ4v) is 1.53. The van der Waals surface area contributed by atoms with Crippen molar-refractivity contribution in [1.82, 2.24) is 4.90 Å². The fourth-order valence-electron chi connectivity index (χ4n) is 1.53. The number of carboxylic acids is 1. The van der Waals surface area contributed by atoms with E-state index in [0.717, 1.165) is 13.1 Å².